The predicted octanol–water partition coefficient (Wildman–Crippen LogP) is 12.9. The highest BCUT2D eigenvalue weighted by atomic mass is 32.1. The number of rotatable bonds is 5. The average molecular weight is 647 g/mol. The van der Waals surface area contributed by atoms with Crippen LogP contribution in [0.15, 0.2) is 174 Å². The molecule has 10 rings (SSSR count). The number of allylic oxidation sites excluding steroid dienone is 3. The summed E-state index contributed by atoms with van der Waals surface area (Å²) in [5.41, 5.74) is 9.75. The van der Waals surface area contributed by atoms with Gasteiger partial charge in [0.05, 0.1) is 11.7 Å². The Hall–Kier alpha value is -5.97. The number of nitrogens with zero attached hydrogens (tertiary/aromatic N) is 2. The molecule has 0 aliphatic heterocycles. The van der Waals surface area contributed by atoms with E-state index >= 15 is 0 Å². The molecule has 0 bridgehead atoms. The first-order chi connectivity index (χ1) is 24.3. The monoisotopic (exact) mass is 646 g/mol. The molecule has 4 heteroatoms. The van der Waals surface area contributed by atoms with Crippen LogP contribution in [-0.2, 0) is 0 Å². The molecule has 1 aliphatic carbocycles. The number of fused-ring (bicyclic) bond motifs is 8. The minimum absolute atomic E-state index is 0.356. The van der Waals surface area contributed by atoms with Gasteiger partial charge in [-0.15, -0.1) is 11.3 Å². The van der Waals surface area contributed by atoms with Crippen LogP contribution in [0.5, 0.6) is 0 Å². The summed E-state index contributed by atoms with van der Waals surface area (Å²) in [7, 11) is 0. The fourth-order valence-corrected chi connectivity index (χ4v) is 8.71. The SMILES string of the molecule is C1=CC(c2ccccc2)CC=C1N(c1ccc(-c2cccc3c2sc2ccccc23)cc1)c1ccc2c(c1)oc1cnc3ccccc3c12. The number of para-hydroxylation sites is 1. The molecule has 6 aromatic carbocycles. The van der Waals surface area contributed by atoms with Gasteiger partial charge in [0.15, 0.2) is 5.58 Å². The lowest BCUT2D eigenvalue weighted by Gasteiger charge is -2.29. The molecule has 0 N–H and O–H groups in total. The summed E-state index contributed by atoms with van der Waals surface area (Å²) in [4.78, 5) is 7.01. The Labute approximate surface area is 287 Å². The second-order valence-corrected chi connectivity index (χ2v) is 13.8. The largest absolute Gasteiger partial charge is 0.454 e. The molecule has 0 saturated heterocycles. The molecular formula is C45H30N2OS. The lowest BCUT2D eigenvalue weighted by Crippen LogP contribution is -2.17. The number of benzene rings is 6. The van der Waals surface area contributed by atoms with Crippen LogP contribution in [0.3, 0.4) is 0 Å². The average Bonchev–Trinajstić information content (AvgIpc) is 3.74. The number of hydrogen-bond donors (Lipinski definition) is 0. The van der Waals surface area contributed by atoms with Crippen molar-refractivity contribution in [2.24, 2.45) is 0 Å². The minimum atomic E-state index is 0.356. The first kappa shape index (κ1) is 28.1. The van der Waals surface area contributed by atoms with Crippen LogP contribution < -0.4 is 4.90 Å². The Kier molecular flexibility index (Phi) is 6.49. The van der Waals surface area contributed by atoms with Gasteiger partial charge in [0, 0.05) is 65.4 Å². The number of thiophene rings is 1. The molecule has 0 spiro atoms. The standard InChI is InChI=1S/C45H30N2OS/c1-2-9-29(10-3-1)30-17-21-32(22-18-30)47(34-25-26-39-41(27-34)48-42-28-46-40-15-6-4-12-38(40)44(39)42)33-23-19-31(20-24-33)35-13-8-14-37-36-11-5-7-16-43(36)49-45(35)37/h1-17,19-28,30H,18H2. The summed E-state index contributed by atoms with van der Waals surface area (Å²) in [6.07, 6.45) is 9.76. The molecule has 0 amide bonds. The van der Waals surface area contributed by atoms with Crippen molar-refractivity contribution in [3.05, 3.63) is 175 Å². The summed E-state index contributed by atoms with van der Waals surface area (Å²) >= 11 is 1.87. The molecule has 0 saturated carbocycles. The van der Waals surface area contributed by atoms with Crippen molar-refractivity contribution in [1.29, 1.82) is 0 Å². The van der Waals surface area contributed by atoms with Crippen LogP contribution in [-0.4, -0.2) is 4.98 Å². The normalized spacial score (nSPS) is 14.7. The van der Waals surface area contributed by atoms with Crippen LogP contribution in [0.4, 0.5) is 11.4 Å². The van der Waals surface area contributed by atoms with Crippen molar-refractivity contribution in [1.82, 2.24) is 4.98 Å². The van der Waals surface area contributed by atoms with Crippen molar-refractivity contribution in [3.63, 3.8) is 0 Å². The van der Waals surface area contributed by atoms with E-state index in [1.54, 1.807) is 0 Å². The maximum atomic E-state index is 6.47. The van der Waals surface area contributed by atoms with E-state index in [1.807, 2.05) is 23.6 Å². The first-order valence-electron chi connectivity index (χ1n) is 16.7. The van der Waals surface area contributed by atoms with Gasteiger partial charge < -0.3 is 9.32 Å². The number of pyridine rings is 1. The van der Waals surface area contributed by atoms with Crippen molar-refractivity contribution in [3.8, 4) is 11.1 Å². The van der Waals surface area contributed by atoms with Crippen molar-refractivity contribution in [2.45, 2.75) is 12.3 Å². The number of aromatic nitrogens is 1. The van der Waals surface area contributed by atoms with Gasteiger partial charge in [-0.25, -0.2) is 0 Å². The van der Waals surface area contributed by atoms with Crippen LogP contribution >= 0.6 is 11.3 Å². The topological polar surface area (TPSA) is 29.3 Å². The maximum absolute atomic E-state index is 6.47. The summed E-state index contributed by atoms with van der Waals surface area (Å²) < 4.78 is 9.12. The van der Waals surface area contributed by atoms with E-state index in [0.29, 0.717) is 5.92 Å². The van der Waals surface area contributed by atoms with E-state index in [1.165, 1.54) is 36.9 Å². The van der Waals surface area contributed by atoms with E-state index in [4.69, 9.17) is 4.42 Å². The van der Waals surface area contributed by atoms with Crippen LogP contribution in [0, 0.1) is 0 Å². The van der Waals surface area contributed by atoms with Gasteiger partial charge in [0.2, 0.25) is 0 Å². The first-order valence-corrected chi connectivity index (χ1v) is 17.5. The predicted molar refractivity (Wildman–Crippen MR) is 207 cm³/mol. The molecule has 9 aromatic rings. The van der Waals surface area contributed by atoms with Gasteiger partial charge >= 0.3 is 0 Å². The van der Waals surface area contributed by atoms with Crippen LogP contribution in [0.2, 0.25) is 0 Å². The Morgan fingerprint density at radius 1 is 0.653 bits per heavy atom. The second kappa shape index (κ2) is 11.3. The van der Waals surface area contributed by atoms with E-state index in [0.717, 1.165) is 56.3 Å². The van der Waals surface area contributed by atoms with Crippen molar-refractivity contribution >= 4 is 75.7 Å². The third-order valence-electron chi connectivity index (χ3n) is 9.86. The Morgan fingerprint density at radius 3 is 2.29 bits per heavy atom. The summed E-state index contributed by atoms with van der Waals surface area (Å²) in [6, 6.07) is 50.0. The van der Waals surface area contributed by atoms with E-state index in [9.17, 15) is 0 Å². The molecule has 49 heavy (non-hydrogen) atoms. The maximum Gasteiger partial charge on any atom is 0.154 e. The fraction of sp³-hybridized carbons (Fsp3) is 0.0444. The zero-order chi connectivity index (χ0) is 32.3. The molecular weight excluding hydrogens is 617 g/mol. The molecule has 3 aromatic heterocycles. The highest BCUT2D eigenvalue weighted by molar-refractivity contribution is 7.26. The van der Waals surface area contributed by atoms with Gasteiger partial charge in [0.25, 0.3) is 0 Å². The van der Waals surface area contributed by atoms with E-state index in [-0.39, 0.29) is 0 Å². The van der Waals surface area contributed by atoms with Crippen LogP contribution in [0.1, 0.15) is 17.9 Å². The Morgan fingerprint density at radius 2 is 1.43 bits per heavy atom. The quantitative estimate of drug-likeness (QED) is 0.186. The van der Waals surface area contributed by atoms with Gasteiger partial charge in [-0.05, 0) is 65.6 Å². The molecule has 1 atom stereocenters. The van der Waals surface area contributed by atoms with Crippen molar-refractivity contribution in [2.75, 3.05) is 4.90 Å². The molecule has 3 nitrogen and oxygen atoms in total. The molecule has 1 unspecified atom stereocenters. The highest BCUT2D eigenvalue weighted by Crippen LogP contribution is 2.42. The van der Waals surface area contributed by atoms with Gasteiger partial charge in [-0.1, -0.05) is 109 Å². The fourth-order valence-electron chi connectivity index (χ4n) is 7.47. The summed E-state index contributed by atoms with van der Waals surface area (Å²) in [5.74, 6) is 0.356. The zero-order valence-corrected chi connectivity index (χ0v) is 27.4. The highest BCUT2D eigenvalue weighted by Gasteiger charge is 2.21. The van der Waals surface area contributed by atoms with Crippen LogP contribution in [0.25, 0.3) is 64.1 Å². The second-order valence-electron chi connectivity index (χ2n) is 12.7. The van der Waals surface area contributed by atoms with Gasteiger partial charge in [-0.2, -0.15) is 0 Å². The third-order valence-corrected chi connectivity index (χ3v) is 11.1. The lowest BCUT2D eigenvalue weighted by molar-refractivity contribution is 0.667. The minimum Gasteiger partial charge on any atom is -0.454 e. The molecule has 232 valence electrons. The van der Waals surface area contributed by atoms with Gasteiger partial charge in [0.1, 0.15) is 5.58 Å². The lowest BCUT2D eigenvalue weighted by atomic mass is 9.91. The molecule has 0 radical (unpaired) electrons. The van der Waals surface area contributed by atoms with Crippen molar-refractivity contribution < 1.29 is 4.42 Å². The number of furan rings is 1. The third kappa shape index (κ3) is 4.67. The molecule has 3 heterocycles. The van der Waals surface area contributed by atoms with E-state index < -0.39 is 0 Å². The Bertz CT molecular complexity index is 2750. The summed E-state index contributed by atoms with van der Waals surface area (Å²) in [6.45, 7) is 0. The number of hydrogen-bond acceptors (Lipinski definition) is 4. The van der Waals surface area contributed by atoms with Gasteiger partial charge in [-0.3, -0.25) is 4.98 Å². The van der Waals surface area contributed by atoms with E-state index in [2.05, 4.69) is 162 Å². The zero-order valence-electron chi connectivity index (χ0n) is 26.6. The molecule has 1 aliphatic rings. The number of anilines is 2. The smallest absolute Gasteiger partial charge is 0.154 e. The molecule has 0 fully saturated rings. The summed E-state index contributed by atoms with van der Waals surface area (Å²) in [5, 5.41) is 5.96. The Balaban J connectivity index is 1.08.